The first-order valence-electron chi connectivity index (χ1n) is 19.2. The molecule has 266 valence electrons. The molecule has 0 radical (unpaired) electrons. The topological polar surface area (TPSA) is 51.8 Å². The molecule has 0 saturated heterocycles. The number of nitrogens with zero attached hydrogens (tertiary/aromatic N) is 3. The molecule has 0 bridgehead atoms. The first-order chi connectivity index (χ1) is 28.2. The third-order valence-corrected chi connectivity index (χ3v) is 10.9. The molecule has 0 atom stereocenters. The molecule has 0 aliphatic rings. The second kappa shape index (κ2) is 13.6. The molecule has 0 N–H and O–H groups in total. The molecule has 2 aromatic heterocycles. The third kappa shape index (κ3) is 5.83. The van der Waals surface area contributed by atoms with Gasteiger partial charge in [0.25, 0.3) is 0 Å². The molecule has 2 heterocycles. The third-order valence-electron chi connectivity index (χ3n) is 10.9. The minimum atomic E-state index is 0.554. The molecule has 11 aromatic rings. The van der Waals surface area contributed by atoms with Gasteiger partial charge in [-0.3, -0.25) is 0 Å². The van der Waals surface area contributed by atoms with Crippen LogP contribution in [0.15, 0.2) is 205 Å². The summed E-state index contributed by atoms with van der Waals surface area (Å²) in [4.78, 5) is 15.6. The SMILES string of the molecule is c1ccc(-c2ccc(-c3cccc(-c4nc(-c5cccc(-c6cccc7ccc8ccccc8c67)c5)nc(-c5cccc6c5oc5ccccc56)n4)c3)cc2)cc1. The average Bonchev–Trinajstić information content (AvgIpc) is 3.68. The van der Waals surface area contributed by atoms with Crippen molar-refractivity contribution < 1.29 is 4.42 Å². The Morgan fingerprint density at radius 1 is 0.298 bits per heavy atom. The van der Waals surface area contributed by atoms with Crippen molar-refractivity contribution in [3.8, 4) is 67.5 Å². The van der Waals surface area contributed by atoms with Crippen molar-refractivity contribution in [3.63, 3.8) is 0 Å². The van der Waals surface area contributed by atoms with E-state index in [4.69, 9.17) is 19.4 Å². The summed E-state index contributed by atoms with van der Waals surface area (Å²) in [5.74, 6) is 1.74. The lowest BCUT2D eigenvalue weighted by molar-refractivity contribution is 0.669. The summed E-state index contributed by atoms with van der Waals surface area (Å²) in [5.41, 5.74) is 11.0. The first kappa shape index (κ1) is 32.7. The molecular formula is C53H33N3O. The summed E-state index contributed by atoms with van der Waals surface area (Å²) in [5, 5.41) is 6.97. The minimum absolute atomic E-state index is 0.554. The van der Waals surface area contributed by atoms with E-state index in [0.717, 1.165) is 55.3 Å². The van der Waals surface area contributed by atoms with Crippen molar-refractivity contribution in [2.45, 2.75) is 0 Å². The summed E-state index contributed by atoms with van der Waals surface area (Å²) < 4.78 is 6.50. The molecular weight excluding hydrogens is 695 g/mol. The van der Waals surface area contributed by atoms with Crippen LogP contribution >= 0.6 is 0 Å². The fourth-order valence-corrected chi connectivity index (χ4v) is 8.13. The Morgan fingerprint density at radius 3 is 1.61 bits per heavy atom. The van der Waals surface area contributed by atoms with Gasteiger partial charge in [0.1, 0.15) is 11.2 Å². The van der Waals surface area contributed by atoms with Crippen LogP contribution in [0.25, 0.3) is 111 Å². The number of furan rings is 1. The number of rotatable bonds is 6. The van der Waals surface area contributed by atoms with Crippen LogP contribution in [0.3, 0.4) is 0 Å². The zero-order valence-corrected chi connectivity index (χ0v) is 30.8. The minimum Gasteiger partial charge on any atom is -0.455 e. The predicted octanol–water partition coefficient (Wildman–Crippen LogP) is 14.1. The quantitative estimate of drug-likeness (QED) is 0.160. The van der Waals surface area contributed by atoms with Crippen molar-refractivity contribution in [1.82, 2.24) is 15.0 Å². The highest BCUT2D eigenvalue weighted by Crippen LogP contribution is 2.38. The Balaban J connectivity index is 1.07. The van der Waals surface area contributed by atoms with Crippen molar-refractivity contribution in [2.24, 2.45) is 0 Å². The number of hydrogen-bond donors (Lipinski definition) is 0. The second-order valence-corrected chi connectivity index (χ2v) is 14.4. The largest absolute Gasteiger partial charge is 0.455 e. The van der Waals surface area contributed by atoms with Crippen LogP contribution in [0.1, 0.15) is 0 Å². The standard InChI is InChI=1S/C53H33N3O/c1-2-12-34(13-3-1)35-26-28-36(29-27-35)39-16-8-18-41(32-39)51-54-52(56-53(55-51)47-24-11-23-46-45-21-6-7-25-48(45)57-50(46)47)42-19-9-17-40(33-42)44-22-10-15-38-31-30-37-14-4-5-20-43(37)49(38)44/h1-33H. The maximum absolute atomic E-state index is 6.50. The van der Waals surface area contributed by atoms with Crippen molar-refractivity contribution in [2.75, 3.05) is 0 Å². The Kier molecular flexibility index (Phi) is 7.78. The maximum Gasteiger partial charge on any atom is 0.167 e. The zero-order chi connectivity index (χ0) is 37.7. The fourth-order valence-electron chi connectivity index (χ4n) is 8.13. The summed E-state index contributed by atoms with van der Waals surface area (Å²) in [7, 11) is 0. The molecule has 0 saturated carbocycles. The summed E-state index contributed by atoms with van der Waals surface area (Å²) in [6, 6.07) is 70.0. The Bertz CT molecular complexity index is 3290. The van der Waals surface area contributed by atoms with E-state index in [1.807, 2.05) is 36.4 Å². The maximum atomic E-state index is 6.50. The van der Waals surface area contributed by atoms with Crippen LogP contribution in [0, 0.1) is 0 Å². The van der Waals surface area contributed by atoms with Gasteiger partial charge >= 0.3 is 0 Å². The zero-order valence-electron chi connectivity index (χ0n) is 30.8. The second-order valence-electron chi connectivity index (χ2n) is 14.4. The molecule has 57 heavy (non-hydrogen) atoms. The molecule has 11 rings (SSSR count). The van der Waals surface area contributed by atoms with Crippen LogP contribution < -0.4 is 0 Å². The molecule has 0 amide bonds. The van der Waals surface area contributed by atoms with Gasteiger partial charge in [-0.15, -0.1) is 0 Å². The van der Waals surface area contributed by atoms with E-state index < -0.39 is 0 Å². The van der Waals surface area contributed by atoms with Gasteiger partial charge in [0, 0.05) is 21.9 Å². The van der Waals surface area contributed by atoms with Crippen molar-refractivity contribution in [3.05, 3.63) is 200 Å². The van der Waals surface area contributed by atoms with E-state index in [-0.39, 0.29) is 0 Å². The van der Waals surface area contributed by atoms with Crippen LogP contribution in [-0.4, -0.2) is 15.0 Å². The smallest absolute Gasteiger partial charge is 0.167 e. The van der Waals surface area contributed by atoms with Crippen LogP contribution in [0.5, 0.6) is 0 Å². The normalized spacial score (nSPS) is 11.5. The molecule has 0 fully saturated rings. The lowest BCUT2D eigenvalue weighted by atomic mass is 9.93. The summed E-state index contributed by atoms with van der Waals surface area (Å²) >= 11 is 0. The lowest BCUT2D eigenvalue weighted by Crippen LogP contribution is -2.00. The number of hydrogen-bond acceptors (Lipinski definition) is 4. The molecule has 9 aromatic carbocycles. The number of para-hydroxylation sites is 2. The fraction of sp³-hybridized carbons (Fsp3) is 0. The van der Waals surface area contributed by atoms with E-state index >= 15 is 0 Å². The van der Waals surface area contributed by atoms with Crippen LogP contribution in [-0.2, 0) is 0 Å². The number of benzene rings is 9. The summed E-state index contributed by atoms with van der Waals surface area (Å²) in [6.07, 6.45) is 0. The van der Waals surface area contributed by atoms with Crippen molar-refractivity contribution >= 4 is 43.5 Å². The van der Waals surface area contributed by atoms with Gasteiger partial charge in [0.15, 0.2) is 17.5 Å². The van der Waals surface area contributed by atoms with Gasteiger partial charge in [-0.2, -0.15) is 0 Å². The van der Waals surface area contributed by atoms with E-state index in [1.54, 1.807) is 0 Å². The highest BCUT2D eigenvalue weighted by atomic mass is 16.3. The van der Waals surface area contributed by atoms with Crippen LogP contribution in [0.2, 0.25) is 0 Å². The number of aromatic nitrogens is 3. The molecule has 0 unspecified atom stereocenters. The van der Waals surface area contributed by atoms with Gasteiger partial charge in [0.2, 0.25) is 0 Å². The molecule has 4 nitrogen and oxygen atoms in total. The van der Waals surface area contributed by atoms with Gasteiger partial charge in [-0.25, -0.2) is 15.0 Å². The Labute approximate surface area is 329 Å². The van der Waals surface area contributed by atoms with Gasteiger partial charge in [0.05, 0.1) is 5.56 Å². The average molecular weight is 728 g/mol. The van der Waals surface area contributed by atoms with E-state index in [1.165, 1.54) is 38.2 Å². The Morgan fingerprint density at radius 2 is 0.807 bits per heavy atom. The predicted molar refractivity (Wildman–Crippen MR) is 235 cm³/mol. The van der Waals surface area contributed by atoms with E-state index in [0.29, 0.717) is 17.5 Å². The van der Waals surface area contributed by atoms with E-state index in [9.17, 15) is 0 Å². The van der Waals surface area contributed by atoms with Crippen LogP contribution in [0.4, 0.5) is 0 Å². The van der Waals surface area contributed by atoms with E-state index in [2.05, 4.69) is 164 Å². The summed E-state index contributed by atoms with van der Waals surface area (Å²) in [6.45, 7) is 0. The van der Waals surface area contributed by atoms with Gasteiger partial charge < -0.3 is 4.42 Å². The Hall–Kier alpha value is -7.69. The molecule has 0 aliphatic heterocycles. The molecule has 0 spiro atoms. The molecule has 0 aliphatic carbocycles. The van der Waals surface area contributed by atoms with Gasteiger partial charge in [-0.1, -0.05) is 176 Å². The molecule has 4 heteroatoms. The highest BCUT2D eigenvalue weighted by Gasteiger charge is 2.19. The highest BCUT2D eigenvalue weighted by molar-refractivity contribution is 6.14. The number of fused-ring (bicyclic) bond motifs is 6. The van der Waals surface area contributed by atoms with Crippen molar-refractivity contribution in [1.29, 1.82) is 0 Å². The van der Waals surface area contributed by atoms with Gasteiger partial charge in [-0.05, 0) is 79.2 Å². The monoisotopic (exact) mass is 727 g/mol. The first-order valence-corrected chi connectivity index (χ1v) is 19.2. The lowest BCUT2D eigenvalue weighted by Gasteiger charge is -2.13.